The number of Topliss-reactive ketones (excluding diaryl/α,β-unsaturated/α-hetero) is 1. The maximum Gasteiger partial charge on any atom is 0.240 e. The van der Waals surface area contributed by atoms with Crippen LogP contribution in [0.2, 0.25) is 0 Å². The number of hydrogen-bond donors (Lipinski definition) is 2. The highest BCUT2D eigenvalue weighted by Gasteiger charge is 2.35. The van der Waals surface area contributed by atoms with E-state index in [2.05, 4.69) is 10.6 Å². The zero-order chi connectivity index (χ0) is 17.5. The van der Waals surface area contributed by atoms with Gasteiger partial charge in [0.25, 0.3) is 0 Å². The zero-order valence-corrected chi connectivity index (χ0v) is 15.0. The first-order chi connectivity index (χ1) is 11.5. The number of ketones is 1. The van der Waals surface area contributed by atoms with Crippen LogP contribution in [-0.4, -0.2) is 55.2 Å². The fourth-order valence-corrected chi connectivity index (χ4v) is 3.97. The molecule has 2 rings (SSSR count). The Bertz CT molecular complexity index is 460. The standard InChI is InChI=1S/C18H31N3O3/c1-13(22)11-20-17(23)15-9-6-10-21(12-15)18(24)16(19-2)14-7-4-3-5-8-14/h14-16,19H,3-12H2,1-2H3,(H,20,23). The van der Waals surface area contributed by atoms with E-state index < -0.39 is 0 Å². The second kappa shape index (κ2) is 9.16. The molecule has 2 fully saturated rings. The molecule has 6 heteroatoms. The molecule has 0 aromatic rings. The summed E-state index contributed by atoms with van der Waals surface area (Å²) in [6, 6.07) is -0.135. The Kier molecular flexibility index (Phi) is 7.21. The van der Waals surface area contributed by atoms with E-state index in [9.17, 15) is 14.4 Å². The number of amides is 2. The molecule has 136 valence electrons. The Hall–Kier alpha value is -1.43. The number of carbonyl (C=O) groups excluding carboxylic acids is 3. The van der Waals surface area contributed by atoms with Gasteiger partial charge in [-0.1, -0.05) is 19.3 Å². The highest BCUT2D eigenvalue weighted by molar-refractivity contribution is 5.87. The second-order valence-electron chi connectivity index (χ2n) is 7.21. The highest BCUT2D eigenvalue weighted by atomic mass is 16.2. The van der Waals surface area contributed by atoms with Crippen LogP contribution >= 0.6 is 0 Å². The van der Waals surface area contributed by atoms with Gasteiger partial charge in [0, 0.05) is 13.1 Å². The molecule has 6 nitrogen and oxygen atoms in total. The van der Waals surface area contributed by atoms with Crippen LogP contribution in [0.1, 0.15) is 51.9 Å². The van der Waals surface area contributed by atoms with Gasteiger partial charge in [-0.15, -0.1) is 0 Å². The maximum absolute atomic E-state index is 12.9. The van der Waals surface area contributed by atoms with Crippen molar-refractivity contribution < 1.29 is 14.4 Å². The summed E-state index contributed by atoms with van der Waals surface area (Å²) in [6.45, 7) is 2.72. The molecule has 2 amide bonds. The molecule has 2 unspecified atom stereocenters. The van der Waals surface area contributed by atoms with Gasteiger partial charge in [-0.2, -0.15) is 0 Å². The normalized spacial score (nSPS) is 23.6. The van der Waals surface area contributed by atoms with Crippen molar-refractivity contribution in [3.05, 3.63) is 0 Å². The molecule has 1 saturated carbocycles. The highest BCUT2D eigenvalue weighted by Crippen LogP contribution is 2.28. The van der Waals surface area contributed by atoms with E-state index >= 15 is 0 Å². The Morgan fingerprint density at radius 1 is 1.08 bits per heavy atom. The molecule has 0 aromatic carbocycles. The van der Waals surface area contributed by atoms with Crippen LogP contribution in [0.4, 0.5) is 0 Å². The van der Waals surface area contributed by atoms with Crippen LogP contribution in [0.3, 0.4) is 0 Å². The van der Waals surface area contributed by atoms with E-state index in [-0.39, 0.29) is 36.1 Å². The molecule has 1 saturated heterocycles. The molecule has 1 aliphatic carbocycles. The summed E-state index contributed by atoms with van der Waals surface area (Å²) in [5.41, 5.74) is 0. The third-order valence-electron chi connectivity index (χ3n) is 5.31. The third-order valence-corrected chi connectivity index (χ3v) is 5.31. The fourth-order valence-electron chi connectivity index (χ4n) is 3.97. The summed E-state index contributed by atoms with van der Waals surface area (Å²) in [5.74, 6) is 0.170. The van der Waals surface area contributed by atoms with E-state index in [1.165, 1.54) is 26.2 Å². The number of hydrogen-bond acceptors (Lipinski definition) is 4. The SMILES string of the molecule is CNC(C(=O)N1CCCC(C(=O)NCC(C)=O)C1)C1CCCCC1. The molecule has 0 radical (unpaired) electrons. The van der Waals surface area contributed by atoms with Gasteiger partial charge < -0.3 is 15.5 Å². The largest absolute Gasteiger partial charge is 0.349 e. The minimum Gasteiger partial charge on any atom is -0.349 e. The number of nitrogens with zero attached hydrogens (tertiary/aromatic N) is 1. The number of carbonyl (C=O) groups is 3. The van der Waals surface area contributed by atoms with Crippen LogP contribution < -0.4 is 10.6 Å². The number of nitrogens with one attached hydrogen (secondary N) is 2. The summed E-state index contributed by atoms with van der Waals surface area (Å²) in [4.78, 5) is 38.0. The van der Waals surface area contributed by atoms with Crippen molar-refractivity contribution in [2.45, 2.75) is 57.9 Å². The van der Waals surface area contributed by atoms with Crippen LogP contribution in [0.25, 0.3) is 0 Å². The van der Waals surface area contributed by atoms with Crippen molar-refractivity contribution in [3.63, 3.8) is 0 Å². The first-order valence-electron chi connectivity index (χ1n) is 9.26. The van der Waals surface area contributed by atoms with Gasteiger partial charge in [0.15, 0.2) is 0 Å². The lowest BCUT2D eigenvalue weighted by atomic mass is 9.83. The fraction of sp³-hybridized carbons (Fsp3) is 0.833. The molecular formula is C18H31N3O3. The monoisotopic (exact) mass is 337 g/mol. The van der Waals surface area contributed by atoms with Gasteiger partial charge in [-0.05, 0) is 45.6 Å². The van der Waals surface area contributed by atoms with Gasteiger partial charge in [-0.3, -0.25) is 14.4 Å². The van der Waals surface area contributed by atoms with Crippen molar-refractivity contribution in [2.24, 2.45) is 11.8 Å². The molecule has 2 N–H and O–H groups in total. The lowest BCUT2D eigenvalue weighted by Gasteiger charge is -2.37. The van der Waals surface area contributed by atoms with Crippen molar-refractivity contribution in [3.8, 4) is 0 Å². The predicted octanol–water partition coefficient (Wildman–Crippen LogP) is 1.10. The number of piperidine rings is 1. The molecule has 0 bridgehead atoms. The van der Waals surface area contributed by atoms with Crippen molar-refractivity contribution in [1.82, 2.24) is 15.5 Å². The topological polar surface area (TPSA) is 78.5 Å². The molecule has 24 heavy (non-hydrogen) atoms. The molecule has 2 atom stereocenters. The van der Waals surface area contributed by atoms with Crippen molar-refractivity contribution in [1.29, 1.82) is 0 Å². The zero-order valence-electron chi connectivity index (χ0n) is 15.0. The van der Waals surface area contributed by atoms with Crippen LogP contribution in [-0.2, 0) is 14.4 Å². The molecule has 2 aliphatic rings. The van der Waals surface area contributed by atoms with Gasteiger partial charge in [0.05, 0.1) is 18.5 Å². The molecular weight excluding hydrogens is 306 g/mol. The average Bonchev–Trinajstić information content (AvgIpc) is 2.61. The number of rotatable bonds is 6. The Morgan fingerprint density at radius 2 is 1.79 bits per heavy atom. The predicted molar refractivity (Wildman–Crippen MR) is 92.4 cm³/mol. The van der Waals surface area contributed by atoms with E-state index in [1.54, 1.807) is 0 Å². The van der Waals surface area contributed by atoms with E-state index in [4.69, 9.17) is 0 Å². The first-order valence-corrected chi connectivity index (χ1v) is 9.26. The molecule has 1 aliphatic heterocycles. The quantitative estimate of drug-likeness (QED) is 0.761. The molecule has 0 aromatic heterocycles. The smallest absolute Gasteiger partial charge is 0.240 e. The summed E-state index contributed by atoms with van der Waals surface area (Å²) in [6.07, 6.45) is 7.50. The summed E-state index contributed by atoms with van der Waals surface area (Å²) < 4.78 is 0. The van der Waals surface area contributed by atoms with Gasteiger partial charge in [-0.25, -0.2) is 0 Å². The lowest BCUT2D eigenvalue weighted by molar-refractivity contribution is -0.139. The van der Waals surface area contributed by atoms with E-state index in [0.29, 0.717) is 12.5 Å². The minimum atomic E-state index is -0.203. The first kappa shape index (κ1) is 18.9. The van der Waals surface area contributed by atoms with Gasteiger partial charge >= 0.3 is 0 Å². The third kappa shape index (κ3) is 5.03. The van der Waals surface area contributed by atoms with Crippen molar-refractivity contribution in [2.75, 3.05) is 26.7 Å². The average molecular weight is 337 g/mol. The van der Waals surface area contributed by atoms with Gasteiger partial charge in [0.2, 0.25) is 11.8 Å². The van der Waals surface area contributed by atoms with Gasteiger partial charge in [0.1, 0.15) is 5.78 Å². The molecule has 1 heterocycles. The van der Waals surface area contributed by atoms with Crippen LogP contribution in [0, 0.1) is 11.8 Å². The van der Waals surface area contributed by atoms with Crippen LogP contribution in [0.5, 0.6) is 0 Å². The van der Waals surface area contributed by atoms with E-state index in [0.717, 1.165) is 32.2 Å². The van der Waals surface area contributed by atoms with Crippen LogP contribution in [0.15, 0.2) is 0 Å². The Balaban J connectivity index is 1.93. The van der Waals surface area contributed by atoms with E-state index in [1.807, 2.05) is 11.9 Å². The summed E-state index contributed by atoms with van der Waals surface area (Å²) in [7, 11) is 1.86. The minimum absolute atomic E-state index is 0.0559. The number of likely N-dealkylation sites (N-methyl/N-ethyl adjacent to an activating group) is 1. The maximum atomic E-state index is 12.9. The summed E-state index contributed by atoms with van der Waals surface area (Å²) in [5, 5.41) is 5.89. The molecule has 0 spiro atoms. The van der Waals surface area contributed by atoms with Crippen molar-refractivity contribution >= 4 is 17.6 Å². The number of likely N-dealkylation sites (tertiary alicyclic amines) is 1. The summed E-state index contributed by atoms with van der Waals surface area (Å²) >= 11 is 0. The Morgan fingerprint density at radius 3 is 2.42 bits per heavy atom. The second-order valence-corrected chi connectivity index (χ2v) is 7.21. The lowest BCUT2D eigenvalue weighted by Crippen LogP contribution is -2.54. The Labute approximate surface area is 144 Å².